The van der Waals surface area contributed by atoms with Gasteiger partial charge in [0.15, 0.2) is 0 Å². The van der Waals surface area contributed by atoms with E-state index < -0.39 is 0 Å². The van der Waals surface area contributed by atoms with Crippen molar-refractivity contribution < 1.29 is 4.79 Å². The van der Waals surface area contributed by atoms with Crippen LogP contribution in [0, 0.1) is 13.8 Å². The second-order valence-corrected chi connectivity index (χ2v) is 8.06. The largest absolute Gasteiger partial charge is 0.322 e. The molecule has 0 bridgehead atoms. The van der Waals surface area contributed by atoms with E-state index in [0.717, 1.165) is 48.6 Å². The normalized spacial score (nSPS) is 14.7. The molecule has 1 amide bonds. The fourth-order valence-corrected chi connectivity index (χ4v) is 4.00. The van der Waals surface area contributed by atoms with Gasteiger partial charge in [0.2, 0.25) is 0 Å². The molecule has 3 aromatic rings. The second kappa shape index (κ2) is 8.39. The van der Waals surface area contributed by atoms with Gasteiger partial charge in [-0.3, -0.25) is 4.79 Å². The van der Waals surface area contributed by atoms with Crippen LogP contribution < -0.4 is 10.6 Å². The van der Waals surface area contributed by atoms with Gasteiger partial charge in [-0.2, -0.15) is 5.10 Å². The first-order valence-electron chi connectivity index (χ1n) is 9.96. The first-order valence-corrected chi connectivity index (χ1v) is 10.3. The number of hydrogen-bond acceptors (Lipinski definition) is 3. The molecule has 0 aliphatic carbocycles. The Morgan fingerprint density at radius 2 is 1.86 bits per heavy atom. The average molecular weight is 409 g/mol. The monoisotopic (exact) mass is 408 g/mol. The molecule has 1 aliphatic rings. The van der Waals surface area contributed by atoms with Crippen molar-refractivity contribution in [1.29, 1.82) is 0 Å². The Labute approximate surface area is 176 Å². The van der Waals surface area contributed by atoms with Crippen LogP contribution in [0.1, 0.15) is 45.9 Å². The van der Waals surface area contributed by atoms with Gasteiger partial charge in [0.25, 0.3) is 5.91 Å². The van der Waals surface area contributed by atoms with Gasteiger partial charge in [-0.05, 0) is 69.6 Å². The number of carbonyl (C=O) groups excluding carboxylic acids is 1. The highest BCUT2D eigenvalue weighted by atomic mass is 35.5. The van der Waals surface area contributed by atoms with Crippen LogP contribution in [0.5, 0.6) is 0 Å². The van der Waals surface area contributed by atoms with Crippen molar-refractivity contribution in [3.63, 3.8) is 0 Å². The standard InChI is InChI=1S/C23H25ClN4O/c1-15-3-7-19(8-4-15)28-22(17-9-11-25-12-10-17)20(14-26-28)23(29)27-21-13-18(24)6-5-16(21)2/h3-8,13-14,17,25H,9-12H2,1-2H3,(H,27,29). The maximum absolute atomic E-state index is 13.2. The third-order valence-electron chi connectivity index (χ3n) is 5.50. The SMILES string of the molecule is Cc1ccc(-n2ncc(C(=O)Nc3cc(Cl)ccc3C)c2C2CCNCC2)cc1. The number of halogens is 1. The van der Waals surface area contributed by atoms with E-state index in [2.05, 4.69) is 46.9 Å². The molecule has 1 saturated heterocycles. The first-order chi connectivity index (χ1) is 14.0. The van der Waals surface area contributed by atoms with E-state index in [4.69, 9.17) is 11.6 Å². The van der Waals surface area contributed by atoms with E-state index in [-0.39, 0.29) is 11.8 Å². The summed E-state index contributed by atoms with van der Waals surface area (Å²) in [6, 6.07) is 13.7. The molecule has 2 aromatic carbocycles. The number of nitrogens with one attached hydrogen (secondary N) is 2. The van der Waals surface area contributed by atoms with Crippen LogP contribution in [-0.4, -0.2) is 28.8 Å². The number of hydrogen-bond donors (Lipinski definition) is 2. The summed E-state index contributed by atoms with van der Waals surface area (Å²) >= 11 is 6.12. The molecule has 0 radical (unpaired) electrons. The van der Waals surface area contributed by atoms with E-state index in [0.29, 0.717) is 10.6 Å². The van der Waals surface area contributed by atoms with Crippen LogP contribution in [0.4, 0.5) is 5.69 Å². The number of rotatable bonds is 4. The summed E-state index contributed by atoms with van der Waals surface area (Å²) in [5, 5.41) is 11.6. The molecule has 6 heteroatoms. The maximum atomic E-state index is 13.2. The summed E-state index contributed by atoms with van der Waals surface area (Å²) in [6.07, 6.45) is 3.65. The van der Waals surface area contributed by atoms with Crippen molar-refractivity contribution in [1.82, 2.24) is 15.1 Å². The number of piperidine rings is 1. The summed E-state index contributed by atoms with van der Waals surface area (Å²) in [5.74, 6) is 0.128. The highest BCUT2D eigenvalue weighted by molar-refractivity contribution is 6.31. The quantitative estimate of drug-likeness (QED) is 0.648. The minimum atomic E-state index is -0.151. The number of amides is 1. The summed E-state index contributed by atoms with van der Waals surface area (Å²) in [6.45, 7) is 5.90. The van der Waals surface area contributed by atoms with E-state index in [1.807, 2.05) is 23.7 Å². The molecular formula is C23H25ClN4O. The zero-order chi connectivity index (χ0) is 20.4. The first kappa shape index (κ1) is 19.7. The van der Waals surface area contributed by atoms with E-state index in [1.165, 1.54) is 5.56 Å². The number of nitrogens with zero attached hydrogens (tertiary/aromatic N) is 2. The highest BCUT2D eigenvalue weighted by Crippen LogP contribution is 2.31. The van der Waals surface area contributed by atoms with Gasteiger partial charge < -0.3 is 10.6 Å². The van der Waals surface area contributed by atoms with Crippen molar-refractivity contribution in [2.75, 3.05) is 18.4 Å². The summed E-state index contributed by atoms with van der Waals surface area (Å²) in [4.78, 5) is 13.2. The van der Waals surface area contributed by atoms with Crippen LogP contribution in [0.15, 0.2) is 48.7 Å². The van der Waals surface area contributed by atoms with E-state index in [9.17, 15) is 4.79 Å². The Morgan fingerprint density at radius 3 is 2.59 bits per heavy atom. The molecule has 1 aromatic heterocycles. The molecule has 0 unspecified atom stereocenters. The zero-order valence-corrected chi connectivity index (χ0v) is 17.5. The molecule has 1 aliphatic heterocycles. The highest BCUT2D eigenvalue weighted by Gasteiger charge is 2.27. The Kier molecular flexibility index (Phi) is 5.69. The topological polar surface area (TPSA) is 59.0 Å². The molecule has 150 valence electrons. The third kappa shape index (κ3) is 4.21. The molecule has 2 N–H and O–H groups in total. The Balaban J connectivity index is 1.73. The van der Waals surface area contributed by atoms with Crippen LogP contribution in [0.3, 0.4) is 0 Å². The number of carbonyl (C=O) groups is 1. The van der Waals surface area contributed by atoms with Crippen molar-refractivity contribution in [2.24, 2.45) is 0 Å². The second-order valence-electron chi connectivity index (χ2n) is 7.63. The molecule has 0 saturated carbocycles. The third-order valence-corrected chi connectivity index (χ3v) is 5.74. The van der Waals surface area contributed by atoms with Gasteiger partial charge >= 0.3 is 0 Å². The lowest BCUT2D eigenvalue weighted by Crippen LogP contribution is -2.29. The Hall–Kier alpha value is -2.63. The summed E-state index contributed by atoms with van der Waals surface area (Å²) in [5.41, 5.74) is 5.46. The fraction of sp³-hybridized carbons (Fsp3) is 0.304. The number of aromatic nitrogens is 2. The molecule has 5 nitrogen and oxygen atoms in total. The summed E-state index contributed by atoms with van der Waals surface area (Å²) in [7, 11) is 0. The zero-order valence-electron chi connectivity index (χ0n) is 16.7. The number of benzene rings is 2. The minimum absolute atomic E-state index is 0.151. The molecule has 29 heavy (non-hydrogen) atoms. The lowest BCUT2D eigenvalue weighted by Gasteiger charge is -2.25. The predicted molar refractivity (Wildman–Crippen MR) is 117 cm³/mol. The Bertz CT molecular complexity index is 1020. The number of aryl methyl sites for hydroxylation is 2. The smallest absolute Gasteiger partial charge is 0.259 e. The van der Waals surface area contributed by atoms with E-state index in [1.54, 1.807) is 12.3 Å². The lowest BCUT2D eigenvalue weighted by molar-refractivity contribution is 0.102. The number of anilines is 1. The van der Waals surface area contributed by atoms with Gasteiger partial charge in [0.1, 0.15) is 0 Å². The van der Waals surface area contributed by atoms with Gasteiger partial charge in [-0.1, -0.05) is 35.4 Å². The molecule has 0 spiro atoms. The van der Waals surface area contributed by atoms with Crippen LogP contribution in [0.25, 0.3) is 5.69 Å². The van der Waals surface area contributed by atoms with Crippen molar-refractivity contribution in [3.05, 3.63) is 76.1 Å². The van der Waals surface area contributed by atoms with Gasteiger partial charge in [-0.25, -0.2) is 4.68 Å². The minimum Gasteiger partial charge on any atom is -0.322 e. The molecule has 0 atom stereocenters. The molecule has 4 rings (SSSR count). The average Bonchev–Trinajstić information content (AvgIpc) is 3.17. The van der Waals surface area contributed by atoms with Gasteiger partial charge in [-0.15, -0.1) is 0 Å². The van der Waals surface area contributed by atoms with Crippen LogP contribution in [0.2, 0.25) is 5.02 Å². The maximum Gasteiger partial charge on any atom is 0.259 e. The van der Waals surface area contributed by atoms with Gasteiger partial charge in [0, 0.05) is 16.6 Å². The molecule has 2 heterocycles. The van der Waals surface area contributed by atoms with E-state index >= 15 is 0 Å². The van der Waals surface area contributed by atoms with Crippen molar-refractivity contribution >= 4 is 23.2 Å². The van der Waals surface area contributed by atoms with Crippen LogP contribution in [-0.2, 0) is 0 Å². The predicted octanol–water partition coefficient (Wildman–Crippen LogP) is 4.86. The van der Waals surface area contributed by atoms with Crippen molar-refractivity contribution in [3.8, 4) is 5.69 Å². The Morgan fingerprint density at radius 1 is 1.14 bits per heavy atom. The van der Waals surface area contributed by atoms with Crippen LogP contribution >= 0.6 is 11.6 Å². The molecule has 1 fully saturated rings. The van der Waals surface area contributed by atoms with Gasteiger partial charge in [0.05, 0.1) is 23.1 Å². The lowest BCUT2D eigenvalue weighted by atomic mass is 9.91. The fourth-order valence-electron chi connectivity index (χ4n) is 3.83. The molecular weight excluding hydrogens is 384 g/mol. The van der Waals surface area contributed by atoms with Crippen molar-refractivity contribution in [2.45, 2.75) is 32.6 Å². The summed E-state index contributed by atoms with van der Waals surface area (Å²) < 4.78 is 1.93.